The van der Waals surface area contributed by atoms with Crippen molar-refractivity contribution in [3.8, 4) is 5.75 Å². The minimum absolute atomic E-state index is 0.246. The summed E-state index contributed by atoms with van der Waals surface area (Å²) in [7, 11) is 1.58. The Morgan fingerprint density at radius 3 is 2.70 bits per heavy atom. The van der Waals surface area contributed by atoms with Crippen LogP contribution in [0.2, 0.25) is 0 Å². The van der Waals surface area contributed by atoms with Crippen LogP contribution in [0.3, 0.4) is 0 Å². The van der Waals surface area contributed by atoms with Gasteiger partial charge in [-0.3, -0.25) is 9.59 Å². The van der Waals surface area contributed by atoms with Crippen LogP contribution in [-0.2, 0) is 19.1 Å². The maximum atomic E-state index is 12.4. The van der Waals surface area contributed by atoms with Crippen LogP contribution in [-0.4, -0.2) is 32.1 Å². The molecule has 0 saturated heterocycles. The summed E-state index contributed by atoms with van der Waals surface area (Å²) in [5, 5.41) is 0. The summed E-state index contributed by atoms with van der Waals surface area (Å²) in [6, 6.07) is 7.41. The third-order valence-electron chi connectivity index (χ3n) is 3.83. The van der Waals surface area contributed by atoms with Crippen LogP contribution < -0.4 is 4.74 Å². The molecule has 2 rings (SSSR count). The molecule has 0 bridgehead atoms. The summed E-state index contributed by atoms with van der Waals surface area (Å²) in [4.78, 5) is 24.7. The van der Waals surface area contributed by atoms with Gasteiger partial charge in [0.25, 0.3) is 0 Å². The van der Waals surface area contributed by atoms with Crippen molar-refractivity contribution in [1.29, 1.82) is 0 Å². The number of carbonyl (C=O) groups is 2. The molecule has 2 atom stereocenters. The summed E-state index contributed by atoms with van der Waals surface area (Å²) in [6.45, 7) is 4.32. The second kappa shape index (κ2) is 7.81. The van der Waals surface area contributed by atoms with Gasteiger partial charge in [-0.15, -0.1) is 0 Å². The van der Waals surface area contributed by atoms with Crippen molar-refractivity contribution in [2.45, 2.75) is 26.2 Å². The SMILES string of the molecule is CCOC(=O)C1C(=O)C=C(OCC)CC1c1cccc(OC)c1. The van der Waals surface area contributed by atoms with Crippen molar-refractivity contribution < 1.29 is 23.8 Å². The third-order valence-corrected chi connectivity index (χ3v) is 3.83. The van der Waals surface area contributed by atoms with E-state index < -0.39 is 11.9 Å². The molecular formula is C18H22O5. The Morgan fingerprint density at radius 2 is 2.04 bits per heavy atom. The maximum absolute atomic E-state index is 12.4. The second-order valence-electron chi connectivity index (χ2n) is 5.26. The average Bonchev–Trinajstić information content (AvgIpc) is 2.54. The van der Waals surface area contributed by atoms with Crippen LogP contribution in [0.1, 0.15) is 31.7 Å². The normalized spacial score (nSPS) is 20.7. The Bertz CT molecular complexity index is 605. The van der Waals surface area contributed by atoms with Gasteiger partial charge in [-0.1, -0.05) is 12.1 Å². The van der Waals surface area contributed by atoms with Gasteiger partial charge in [-0.2, -0.15) is 0 Å². The van der Waals surface area contributed by atoms with E-state index in [4.69, 9.17) is 14.2 Å². The van der Waals surface area contributed by atoms with E-state index in [-0.39, 0.29) is 18.3 Å². The number of esters is 1. The average molecular weight is 318 g/mol. The molecule has 23 heavy (non-hydrogen) atoms. The number of ether oxygens (including phenoxy) is 3. The first-order valence-corrected chi connectivity index (χ1v) is 7.78. The number of hydrogen-bond donors (Lipinski definition) is 0. The van der Waals surface area contributed by atoms with Gasteiger partial charge in [0.2, 0.25) is 0 Å². The highest BCUT2D eigenvalue weighted by molar-refractivity contribution is 6.06. The minimum Gasteiger partial charge on any atom is -0.498 e. The Kier molecular flexibility index (Phi) is 5.79. The Labute approximate surface area is 136 Å². The molecule has 0 N–H and O–H groups in total. The van der Waals surface area contributed by atoms with Crippen molar-refractivity contribution in [1.82, 2.24) is 0 Å². The molecule has 2 unspecified atom stereocenters. The fraction of sp³-hybridized carbons (Fsp3) is 0.444. The van der Waals surface area contributed by atoms with Crippen molar-refractivity contribution >= 4 is 11.8 Å². The lowest BCUT2D eigenvalue weighted by molar-refractivity contribution is -0.152. The fourth-order valence-corrected chi connectivity index (χ4v) is 2.82. The van der Waals surface area contributed by atoms with E-state index in [9.17, 15) is 9.59 Å². The number of hydrogen-bond acceptors (Lipinski definition) is 5. The van der Waals surface area contributed by atoms with Crippen LogP contribution in [0.5, 0.6) is 5.75 Å². The third kappa shape index (κ3) is 3.92. The smallest absolute Gasteiger partial charge is 0.317 e. The summed E-state index contributed by atoms with van der Waals surface area (Å²) >= 11 is 0. The lowest BCUT2D eigenvalue weighted by Crippen LogP contribution is -2.34. The zero-order valence-corrected chi connectivity index (χ0v) is 13.7. The molecule has 5 heteroatoms. The van der Waals surface area contributed by atoms with Gasteiger partial charge >= 0.3 is 5.97 Å². The standard InChI is InChI=1S/C18H22O5/c1-4-22-14-10-15(12-7-6-8-13(9-12)21-3)17(16(19)11-14)18(20)23-5-2/h6-9,11,15,17H,4-5,10H2,1-3H3. The fourth-order valence-electron chi connectivity index (χ4n) is 2.82. The lowest BCUT2D eigenvalue weighted by atomic mass is 9.77. The van der Waals surface area contributed by atoms with Gasteiger partial charge in [0.15, 0.2) is 5.78 Å². The highest BCUT2D eigenvalue weighted by atomic mass is 16.5. The second-order valence-corrected chi connectivity index (χ2v) is 5.26. The largest absolute Gasteiger partial charge is 0.498 e. The molecule has 1 aromatic rings. The number of allylic oxidation sites excluding steroid dienone is 2. The van der Waals surface area contributed by atoms with E-state index in [2.05, 4.69) is 0 Å². The monoisotopic (exact) mass is 318 g/mol. The predicted molar refractivity (Wildman–Crippen MR) is 85.2 cm³/mol. The molecule has 0 radical (unpaired) electrons. The van der Waals surface area contributed by atoms with E-state index in [1.807, 2.05) is 31.2 Å². The highest BCUT2D eigenvalue weighted by Crippen LogP contribution is 2.38. The van der Waals surface area contributed by atoms with E-state index in [1.54, 1.807) is 14.0 Å². The zero-order chi connectivity index (χ0) is 16.8. The van der Waals surface area contributed by atoms with Crippen LogP contribution in [0.25, 0.3) is 0 Å². The predicted octanol–water partition coefficient (Wildman–Crippen LogP) is 2.85. The van der Waals surface area contributed by atoms with Gasteiger partial charge in [0.05, 0.1) is 20.3 Å². The van der Waals surface area contributed by atoms with Crippen LogP contribution in [0.15, 0.2) is 36.1 Å². The van der Waals surface area contributed by atoms with Gasteiger partial charge in [-0.05, 0) is 31.5 Å². The minimum atomic E-state index is -0.841. The first-order chi connectivity index (χ1) is 11.1. The van der Waals surface area contributed by atoms with Crippen LogP contribution >= 0.6 is 0 Å². The highest BCUT2D eigenvalue weighted by Gasteiger charge is 2.40. The van der Waals surface area contributed by atoms with Crippen molar-refractivity contribution in [3.63, 3.8) is 0 Å². The molecule has 1 aliphatic rings. The molecule has 0 aromatic heterocycles. The number of methoxy groups -OCH3 is 1. The molecule has 0 aliphatic heterocycles. The molecule has 0 heterocycles. The van der Waals surface area contributed by atoms with E-state index in [0.717, 1.165) is 5.56 Å². The molecule has 124 valence electrons. The van der Waals surface area contributed by atoms with Crippen molar-refractivity contribution in [2.75, 3.05) is 20.3 Å². The lowest BCUT2D eigenvalue weighted by Gasteiger charge is -2.29. The summed E-state index contributed by atoms with van der Waals surface area (Å²) in [5.41, 5.74) is 0.862. The van der Waals surface area contributed by atoms with Crippen molar-refractivity contribution in [2.24, 2.45) is 5.92 Å². The molecule has 0 fully saturated rings. The Hall–Kier alpha value is -2.30. The Morgan fingerprint density at radius 1 is 1.26 bits per heavy atom. The summed E-state index contributed by atoms with van der Waals surface area (Å²) in [5.74, 6) is -0.631. The number of carbonyl (C=O) groups excluding carboxylic acids is 2. The Balaban J connectivity index is 2.39. The first kappa shape index (κ1) is 17.1. The van der Waals surface area contributed by atoms with Crippen molar-refractivity contribution in [3.05, 3.63) is 41.7 Å². The first-order valence-electron chi connectivity index (χ1n) is 7.78. The maximum Gasteiger partial charge on any atom is 0.317 e. The van der Waals surface area contributed by atoms with Gasteiger partial charge in [0.1, 0.15) is 17.4 Å². The molecule has 0 amide bonds. The zero-order valence-electron chi connectivity index (χ0n) is 13.7. The van der Waals surface area contributed by atoms with Gasteiger partial charge in [0, 0.05) is 18.4 Å². The quantitative estimate of drug-likeness (QED) is 0.596. The molecule has 1 aliphatic carbocycles. The molecular weight excluding hydrogens is 296 g/mol. The van der Waals surface area contributed by atoms with E-state index >= 15 is 0 Å². The van der Waals surface area contributed by atoms with Crippen LogP contribution in [0.4, 0.5) is 0 Å². The molecule has 5 nitrogen and oxygen atoms in total. The topological polar surface area (TPSA) is 61.8 Å². The van der Waals surface area contributed by atoms with E-state index in [0.29, 0.717) is 24.5 Å². The van der Waals surface area contributed by atoms with Crippen LogP contribution in [0, 0.1) is 5.92 Å². The van der Waals surface area contributed by atoms with Gasteiger partial charge < -0.3 is 14.2 Å². The molecule has 1 aromatic carbocycles. The molecule has 0 spiro atoms. The van der Waals surface area contributed by atoms with Gasteiger partial charge in [-0.25, -0.2) is 0 Å². The summed E-state index contributed by atoms with van der Waals surface area (Å²) in [6.07, 6.45) is 1.90. The summed E-state index contributed by atoms with van der Waals surface area (Å²) < 4.78 is 15.8. The molecule has 0 saturated carbocycles. The van der Waals surface area contributed by atoms with E-state index in [1.165, 1.54) is 6.08 Å². The number of benzene rings is 1. The number of rotatable bonds is 6. The number of ketones is 1.